The van der Waals surface area contributed by atoms with Gasteiger partial charge in [0.1, 0.15) is 24.4 Å². The van der Waals surface area contributed by atoms with Gasteiger partial charge < -0.3 is 29.6 Å². The maximum absolute atomic E-state index is 12.3. The van der Waals surface area contributed by atoms with Crippen LogP contribution in [0.3, 0.4) is 0 Å². The summed E-state index contributed by atoms with van der Waals surface area (Å²) in [5, 5.41) is 22.5. The SMILES string of the molecule is C=CCCC(=O)N[C@H]1[C@@H](OCCCCCCCCCCCCCCCC)O[C@H](CO)[C@@H](O)[C@@H]1OS(=O)(=O)[O-].[K+]. The van der Waals surface area contributed by atoms with E-state index in [1.54, 1.807) is 6.08 Å². The van der Waals surface area contributed by atoms with E-state index < -0.39 is 53.6 Å². The van der Waals surface area contributed by atoms with Gasteiger partial charge in [0.2, 0.25) is 16.3 Å². The first-order chi connectivity index (χ1) is 18.2. The topological polar surface area (TPSA) is 154 Å². The maximum Gasteiger partial charge on any atom is 1.00 e. The first-order valence-corrected chi connectivity index (χ1v) is 15.7. The molecule has 1 heterocycles. The molecule has 0 aromatic rings. The molecule has 5 atom stereocenters. The Morgan fingerprint density at radius 3 is 1.97 bits per heavy atom. The van der Waals surface area contributed by atoms with E-state index in [0.717, 1.165) is 19.3 Å². The number of rotatable bonds is 23. The monoisotopic (exact) mass is 603 g/mol. The molecule has 1 saturated heterocycles. The van der Waals surface area contributed by atoms with E-state index in [2.05, 4.69) is 23.0 Å². The van der Waals surface area contributed by atoms with Crippen molar-refractivity contribution in [2.24, 2.45) is 0 Å². The largest absolute Gasteiger partial charge is 1.00 e. The summed E-state index contributed by atoms with van der Waals surface area (Å²) < 4.78 is 49.8. The van der Waals surface area contributed by atoms with Crippen LogP contribution in [-0.2, 0) is 28.9 Å². The molecule has 0 saturated carbocycles. The summed E-state index contributed by atoms with van der Waals surface area (Å²) in [5.41, 5.74) is 0. The number of hydrogen-bond donors (Lipinski definition) is 3. The Bertz CT molecular complexity index is 741. The molecule has 0 aromatic carbocycles. The fourth-order valence-corrected chi connectivity index (χ4v) is 5.11. The Hall–Kier alpha value is 0.556. The van der Waals surface area contributed by atoms with Crippen molar-refractivity contribution in [3.05, 3.63) is 12.7 Å². The van der Waals surface area contributed by atoms with Crippen molar-refractivity contribution in [3.8, 4) is 0 Å². The van der Waals surface area contributed by atoms with Gasteiger partial charge >= 0.3 is 51.4 Å². The van der Waals surface area contributed by atoms with Crippen LogP contribution in [0.4, 0.5) is 0 Å². The van der Waals surface area contributed by atoms with Crippen LogP contribution < -0.4 is 56.7 Å². The number of amides is 1. The van der Waals surface area contributed by atoms with Gasteiger partial charge in [0, 0.05) is 13.0 Å². The number of ether oxygens (including phenoxy) is 2. The Labute approximate surface area is 278 Å². The molecule has 0 unspecified atom stereocenters. The third-order valence-corrected chi connectivity index (χ3v) is 7.22. The predicted octanol–water partition coefficient (Wildman–Crippen LogP) is 0.863. The molecule has 1 amide bonds. The zero-order chi connectivity index (χ0) is 28.2. The zero-order valence-electron chi connectivity index (χ0n) is 24.1. The maximum atomic E-state index is 12.3. The average molecular weight is 604 g/mol. The molecule has 0 spiro atoms. The standard InChI is InChI=1S/C27H51NO9S.K/c1-3-5-7-8-9-10-11-12-13-14-15-16-17-18-20-35-27-24(28-23(30)19-6-4-2)26(37-38(32,33)34)25(31)22(21-29)36-27;/h4,22,24-27,29,31H,2-3,5-21H2,1H3,(H,28,30)(H,32,33,34);/q;+1/p-1/t22-,24-,25-,26-,27+;/m1./s1. The van der Waals surface area contributed by atoms with Crippen LogP contribution in [0.25, 0.3) is 0 Å². The second kappa shape index (κ2) is 24.0. The van der Waals surface area contributed by atoms with Gasteiger partial charge in [-0.25, -0.2) is 8.42 Å². The molecule has 224 valence electrons. The molecule has 0 radical (unpaired) electrons. The van der Waals surface area contributed by atoms with Crippen molar-refractivity contribution >= 4 is 16.3 Å². The fourth-order valence-electron chi connectivity index (χ4n) is 4.60. The van der Waals surface area contributed by atoms with E-state index in [4.69, 9.17) is 9.47 Å². The Kier molecular flexibility index (Phi) is 24.4. The normalized spacial score (nSPS) is 23.2. The van der Waals surface area contributed by atoms with Crippen LogP contribution in [-0.4, -0.2) is 72.9 Å². The molecule has 0 aliphatic carbocycles. The van der Waals surface area contributed by atoms with Gasteiger partial charge in [-0.15, -0.1) is 6.58 Å². The molecule has 1 aliphatic heterocycles. The van der Waals surface area contributed by atoms with Gasteiger partial charge in [-0.05, 0) is 12.8 Å². The number of unbranched alkanes of at least 4 members (excludes halogenated alkanes) is 13. The number of hydrogen-bond acceptors (Lipinski definition) is 9. The van der Waals surface area contributed by atoms with Gasteiger partial charge in [0.05, 0.1) is 6.61 Å². The van der Waals surface area contributed by atoms with Crippen molar-refractivity contribution in [2.45, 2.75) is 140 Å². The number of aliphatic hydroxyl groups excluding tert-OH is 2. The number of carbonyl (C=O) groups excluding carboxylic acids is 1. The predicted molar refractivity (Wildman–Crippen MR) is 144 cm³/mol. The van der Waals surface area contributed by atoms with Crippen molar-refractivity contribution in [2.75, 3.05) is 13.2 Å². The van der Waals surface area contributed by atoms with Crippen LogP contribution in [0.15, 0.2) is 12.7 Å². The van der Waals surface area contributed by atoms with Crippen LogP contribution in [0.5, 0.6) is 0 Å². The van der Waals surface area contributed by atoms with Crippen LogP contribution in [0, 0.1) is 0 Å². The van der Waals surface area contributed by atoms with Gasteiger partial charge in [-0.3, -0.25) is 8.98 Å². The molecule has 12 heteroatoms. The van der Waals surface area contributed by atoms with Crippen molar-refractivity contribution in [3.63, 3.8) is 0 Å². The average Bonchev–Trinajstić information content (AvgIpc) is 2.87. The first kappa shape index (κ1) is 39.6. The van der Waals surface area contributed by atoms with Gasteiger partial charge in [0.15, 0.2) is 6.29 Å². The first-order valence-electron chi connectivity index (χ1n) is 14.3. The number of allylic oxidation sites excluding steroid dienone is 1. The molecular weight excluding hydrogens is 553 g/mol. The van der Waals surface area contributed by atoms with E-state index in [-0.39, 0.29) is 64.4 Å². The van der Waals surface area contributed by atoms with E-state index in [9.17, 15) is 28.0 Å². The molecule has 1 rings (SSSR count). The second-order valence-corrected chi connectivity index (χ2v) is 11.1. The summed E-state index contributed by atoms with van der Waals surface area (Å²) in [6.07, 6.45) is 13.1. The minimum absolute atomic E-state index is 0. The van der Waals surface area contributed by atoms with Crippen molar-refractivity contribution in [1.29, 1.82) is 0 Å². The number of aliphatic hydroxyl groups is 2. The minimum atomic E-state index is -5.22. The molecule has 3 N–H and O–H groups in total. The second-order valence-electron chi connectivity index (χ2n) is 10.1. The summed E-state index contributed by atoms with van der Waals surface area (Å²) in [7, 11) is -5.22. The quantitative estimate of drug-likeness (QED) is 0.0507. The Morgan fingerprint density at radius 1 is 1.00 bits per heavy atom. The molecular formula is C27H50KNO9S. The summed E-state index contributed by atoms with van der Waals surface area (Å²) >= 11 is 0. The zero-order valence-corrected chi connectivity index (χ0v) is 28.0. The minimum Gasteiger partial charge on any atom is -0.726 e. The van der Waals surface area contributed by atoms with E-state index in [1.807, 2.05) is 0 Å². The third kappa shape index (κ3) is 18.7. The van der Waals surface area contributed by atoms with E-state index >= 15 is 0 Å². The molecule has 1 aliphatic rings. The van der Waals surface area contributed by atoms with Crippen molar-refractivity contribution in [1.82, 2.24) is 5.32 Å². The van der Waals surface area contributed by atoms with Crippen LogP contribution >= 0.6 is 0 Å². The number of nitrogens with one attached hydrogen (secondary N) is 1. The summed E-state index contributed by atoms with van der Waals surface area (Å²) in [4.78, 5) is 12.3. The summed E-state index contributed by atoms with van der Waals surface area (Å²) in [5.74, 6) is -0.477. The molecule has 10 nitrogen and oxygen atoms in total. The molecule has 39 heavy (non-hydrogen) atoms. The van der Waals surface area contributed by atoms with Gasteiger partial charge in [-0.2, -0.15) is 0 Å². The number of carbonyl (C=O) groups is 1. The van der Waals surface area contributed by atoms with Crippen molar-refractivity contribution < 1.29 is 93.0 Å². The van der Waals surface area contributed by atoms with E-state index in [1.165, 1.54) is 64.2 Å². The van der Waals surface area contributed by atoms with Crippen LogP contribution in [0.2, 0.25) is 0 Å². The smallest absolute Gasteiger partial charge is 0.726 e. The van der Waals surface area contributed by atoms with Gasteiger partial charge in [0.25, 0.3) is 0 Å². The van der Waals surface area contributed by atoms with Crippen LogP contribution in [0.1, 0.15) is 110 Å². The Balaban J connectivity index is 0.0000144. The van der Waals surface area contributed by atoms with E-state index in [0.29, 0.717) is 12.8 Å². The molecule has 0 bridgehead atoms. The summed E-state index contributed by atoms with van der Waals surface area (Å²) in [6, 6.07) is -1.26. The molecule has 1 fully saturated rings. The Morgan fingerprint density at radius 2 is 1.51 bits per heavy atom. The summed E-state index contributed by atoms with van der Waals surface area (Å²) in [6.45, 7) is 5.39. The molecule has 0 aromatic heterocycles. The third-order valence-electron chi connectivity index (χ3n) is 6.77. The van der Waals surface area contributed by atoms with Gasteiger partial charge in [-0.1, -0.05) is 96.5 Å². The fraction of sp³-hybridized carbons (Fsp3) is 0.889.